The smallest absolute Gasteiger partial charge is 0.263 e. The molecule has 0 N–H and O–H groups in total. The normalized spacial score (nSPS) is 14.8. The minimum atomic E-state index is -0.561. The molecule has 1 aliphatic rings. The predicted molar refractivity (Wildman–Crippen MR) is 132 cm³/mol. The van der Waals surface area contributed by atoms with Crippen molar-refractivity contribution >= 4 is 23.3 Å². The van der Waals surface area contributed by atoms with Crippen molar-refractivity contribution in [1.29, 1.82) is 0 Å². The van der Waals surface area contributed by atoms with Gasteiger partial charge in [0.15, 0.2) is 11.9 Å². The highest BCUT2D eigenvalue weighted by atomic mass is 35.5. The molecule has 1 aliphatic heterocycles. The summed E-state index contributed by atoms with van der Waals surface area (Å²) in [7, 11) is 0. The minimum absolute atomic E-state index is 0.0153. The molecule has 7 heteroatoms. The van der Waals surface area contributed by atoms with Crippen LogP contribution in [0.3, 0.4) is 0 Å². The van der Waals surface area contributed by atoms with E-state index in [4.69, 9.17) is 16.3 Å². The van der Waals surface area contributed by atoms with Gasteiger partial charge >= 0.3 is 0 Å². The van der Waals surface area contributed by atoms with Crippen LogP contribution in [0.25, 0.3) is 11.3 Å². The minimum Gasteiger partial charge on any atom is -0.481 e. The zero-order valence-corrected chi connectivity index (χ0v) is 20.3. The lowest BCUT2D eigenvalue weighted by Crippen LogP contribution is -2.52. The fourth-order valence-electron chi connectivity index (χ4n) is 3.91. The number of rotatable bonds is 5. The Hall–Kier alpha value is -3.12. The number of benzene rings is 2. The van der Waals surface area contributed by atoms with Crippen LogP contribution >= 0.6 is 11.6 Å². The fourth-order valence-corrected chi connectivity index (χ4v) is 4.02. The Morgan fingerprint density at radius 3 is 2.30 bits per heavy atom. The summed E-state index contributed by atoms with van der Waals surface area (Å²) in [5.74, 6) is 1.46. The Balaban J connectivity index is 1.33. The molecule has 1 atom stereocenters. The third kappa shape index (κ3) is 5.28. The number of ether oxygens (including phenoxy) is 1. The molecule has 4 rings (SSSR count). The Kier molecular flexibility index (Phi) is 6.84. The van der Waals surface area contributed by atoms with E-state index in [9.17, 15) is 4.79 Å². The van der Waals surface area contributed by atoms with Crippen molar-refractivity contribution in [2.75, 3.05) is 31.1 Å². The zero-order valence-electron chi connectivity index (χ0n) is 19.5. The summed E-state index contributed by atoms with van der Waals surface area (Å²) in [5, 5.41) is 9.56. The Morgan fingerprint density at radius 1 is 0.909 bits per heavy atom. The van der Waals surface area contributed by atoms with Crippen LogP contribution in [-0.2, 0) is 4.79 Å². The molecular formula is C26H29ClN4O2. The average Bonchev–Trinajstić information content (AvgIpc) is 2.83. The summed E-state index contributed by atoms with van der Waals surface area (Å²) in [5.41, 5.74) is 5.35. The van der Waals surface area contributed by atoms with E-state index in [0.29, 0.717) is 37.0 Å². The van der Waals surface area contributed by atoms with Gasteiger partial charge in [0.25, 0.3) is 5.91 Å². The van der Waals surface area contributed by atoms with E-state index >= 15 is 0 Å². The quantitative estimate of drug-likeness (QED) is 0.540. The highest BCUT2D eigenvalue weighted by Gasteiger charge is 2.26. The lowest BCUT2D eigenvalue weighted by molar-refractivity contribution is -0.138. The zero-order chi connectivity index (χ0) is 23.5. The maximum absolute atomic E-state index is 12.9. The number of aryl methyl sites for hydroxylation is 3. The van der Waals surface area contributed by atoms with E-state index in [2.05, 4.69) is 47.1 Å². The summed E-state index contributed by atoms with van der Waals surface area (Å²) >= 11 is 6.07. The van der Waals surface area contributed by atoms with E-state index < -0.39 is 6.10 Å². The third-order valence-electron chi connectivity index (χ3n) is 6.16. The van der Waals surface area contributed by atoms with Crippen LogP contribution in [-0.4, -0.2) is 53.3 Å². The van der Waals surface area contributed by atoms with Crippen molar-refractivity contribution in [3.05, 3.63) is 70.2 Å². The number of carbonyl (C=O) groups is 1. The van der Waals surface area contributed by atoms with Crippen LogP contribution in [0.5, 0.6) is 5.75 Å². The molecule has 0 aliphatic carbocycles. The highest BCUT2D eigenvalue weighted by Crippen LogP contribution is 2.24. The maximum atomic E-state index is 12.9. The molecule has 0 saturated carbocycles. The lowest BCUT2D eigenvalue weighted by atomic mass is 10.0. The van der Waals surface area contributed by atoms with Gasteiger partial charge in [-0.15, -0.1) is 10.2 Å². The number of halogens is 1. The second kappa shape index (κ2) is 9.79. The molecule has 0 radical (unpaired) electrons. The first-order chi connectivity index (χ1) is 15.8. The van der Waals surface area contributed by atoms with Crippen molar-refractivity contribution in [2.45, 2.75) is 33.8 Å². The lowest BCUT2D eigenvalue weighted by Gasteiger charge is -2.36. The molecule has 6 nitrogen and oxygen atoms in total. The molecule has 0 spiro atoms. The standard InChI is InChI=1S/C26H29ClN4O2/c1-17-5-6-21(15-18(17)2)24-9-10-25(29-28-24)30-11-13-31(14-12-30)26(32)20(4)33-22-7-8-23(27)19(3)16-22/h5-10,15-16,20H,11-14H2,1-4H3. The van der Waals surface area contributed by atoms with Crippen LogP contribution in [0.1, 0.15) is 23.6 Å². The Morgan fingerprint density at radius 2 is 1.67 bits per heavy atom. The molecule has 172 valence electrons. The van der Waals surface area contributed by atoms with Crippen LogP contribution in [0, 0.1) is 20.8 Å². The van der Waals surface area contributed by atoms with Crippen molar-refractivity contribution in [3.63, 3.8) is 0 Å². The number of hydrogen-bond acceptors (Lipinski definition) is 5. The van der Waals surface area contributed by atoms with Gasteiger partial charge in [-0.1, -0.05) is 23.7 Å². The SMILES string of the molecule is Cc1ccc(-c2ccc(N3CCN(C(=O)C(C)Oc4ccc(Cl)c(C)c4)CC3)nn2)cc1C. The van der Waals surface area contributed by atoms with Gasteiger partial charge in [0, 0.05) is 36.8 Å². The largest absolute Gasteiger partial charge is 0.481 e. The van der Waals surface area contributed by atoms with Crippen molar-refractivity contribution in [1.82, 2.24) is 15.1 Å². The third-order valence-corrected chi connectivity index (χ3v) is 6.58. The van der Waals surface area contributed by atoms with Gasteiger partial charge in [-0.3, -0.25) is 4.79 Å². The molecule has 1 saturated heterocycles. The summed E-state index contributed by atoms with van der Waals surface area (Å²) in [6, 6.07) is 15.8. The van der Waals surface area contributed by atoms with E-state index in [1.165, 1.54) is 11.1 Å². The van der Waals surface area contributed by atoms with Crippen LogP contribution < -0.4 is 9.64 Å². The summed E-state index contributed by atoms with van der Waals surface area (Å²) in [6.45, 7) is 10.5. The van der Waals surface area contributed by atoms with Gasteiger partial charge < -0.3 is 14.5 Å². The topological polar surface area (TPSA) is 58.6 Å². The van der Waals surface area contributed by atoms with E-state index in [0.717, 1.165) is 22.6 Å². The summed E-state index contributed by atoms with van der Waals surface area (Å²) < 4.78 is 5.86. The molecule has 2 heterocycles. The molecule has 1 unspecified atom stereocenters. The Bertz CT molecular complexity index is 1140. The Labute approximate surface area is 200 Å². The second-order valence-electron chi connectivity index (χ2n) is 8.56. The van der Waals surface area contributed by atoms with Gasteiger partial charge in [0.1, 0.15) is 5.75 Å². The fraction of sp³-hybridized carbons (Fsp3) is 0.346. The molecule has 1 fully saturated rings. The number of anilines is 1. The van der Waals surface area contributed by atoms with Gasteiger partial charge in [-0.05, 0) is 80.8 Å². The monoisotopic (exact) mass is 464 g/mol. The number of amides is 1. The van der Waals surface area contributed by atoms with Gasteiger partial charge in [-0.25, -0.2) is 0 Å². The molecule has 1 aromatic heterocycles. The molecule has 33 heavy (non-hydrogen) atoms. The summed E-state index contributed by atoms with van der Waals surface area (Å²) in [4.78, 5) is 16.9. The van der Waals surface area contributed by atoms with E-state index in [1.54, 1.807) is 19.1 Å². The first-order valence-corrected chi connectivity index (χ1v) is 11.6. The molecule has 0 bridgehead atoms. The number of nitrogens with zero attached hydrogens (tertiary/aromatic N) is 4. The molecule has 3 aromatic rings. The summed E-state index contributed by atoms with van der Waals surface area (Å²) in [6.07, 6.45) is -0.561. The number of aromatic nitrogens is 2. The van der Waals surface area contributed by atoms with Gasteiger partial charge in [-0.2, -0.15) is 0 Å². The molecule has 1 amide bonds. The van der Waals surface area contributed by atoms with Crippen molar-refractivity contribution in [2.24, 2.45) is 0 Å². The predicted octanol–water partition coefficient (Wildman–Crippen LogP) is 4.84. The highest BCUT2D eigenvalue weighted by molar-refractivity contribution is 6.31. The van der Waals surface area contributed by atoms with Gasteiger partial charge in [0.2, 0.25) is 0 Å². The van der Waals surface area contributed by atoms with Gasteiger partial charge in [0.05, 0.1) is 5.69 Å². The number of carbonyl (C=O) groups excluding carboxylic acids is 1. The maximum Gasteiger partial charge on any atom is 0.263 e. The average molecular weight is 465 g/mol. The van der Waals surface area contributed by atoms with Crippen LogP contribution in [0.4, 0.5) is 5.82 Å². The van der Waals surface area contributed by atoms with E-state index in [-0.39, 0.29) is 5.91 Å². The first kappa shape index (κ1) is 23.1. The molecular weight excluding hydrogens is 436 g/mol. The van der Waals surface area contributed by atoms with E-state index in [1.807, 2.05) is 30.0 Å². The second-order valence-corrected chi connectivity index (χ2v) is 8.97. The molecule has 2 aromatic carbocycles. The van der Waals surface area contributed by atoms with Crippen molar-refractivity contribution < 1.29 is 9.53 Å². The number of hydrogen-bond donors (Lipinski definition) is 0. The number of piperazine rings is 1. The van der Waals surface area contributed by atoms with Crippen molar-refractivity contribution in [3.8, 4) is 17.0 Å². The van der Waals surface area contributed by atoms with Crippen LogP contribution in [0.15, 0.2) is 48.5 Å². The van der Waals surface area contributed by atoms with Crippen LogP contribution in [0.2, 0.25) is 5.02 Å². The first-order valence-electron chi connectivity index (χ1n) is 11.2.